The Balaban J connectivity index is 1.71. The molecule has 5 nitrogen and oxygen atoms in total. The Kier molecular flexibility index (Phi) is 5.64. The van der Waals surface area contributed by atoms with Gasteiger partial charge in [0.1, 0.15) is 10.6 Å². The Bertz CT molecular complexity index is 1370. The van der Waals surface area contributed by atoms with Gasteiger partial charge in [0.15, 0.2) is 0 Å². The number of thiophene rings is 1. The highest BCUT2D eigenvalue weighted by atomic mass is 35.5. The standard InChI is InChI=1S/C23H19ClFN3O2S/c1-12-7-8-18(13(2)9-12)27-21(29)20-14(3)19-22(31-20)26-11-28(23(19)30)10-15-16(24)5-4-6-17(15)25/h4-9,11H,10H2,1-3H3,(H,27,29). The fourth-order valence-corrected chi connectivity index (χ4v) is 4.73. The summed E-state index contributed by atoms with van der Waals surface area (Å²) in [6, 6.07) is 10.1. The fourth-order valence-electron chi connectivity index (χ4n) is 3.48. The van der Waals surface area contributed by atoms with Gasteiger partial charge in [-0.2, -0.15) is 0 Å². The van der Waals surface area contributed by atoms with Crippen LogP contribution < -0.4 is 10.9 Å². The zero-order chi connectivity index (χ0) is 22.3. The van der Waals surface area contributed by atoms with E-state index in [2.05, 4.69) is 10.3 Å². The van der Waals surface area contributed by atoms with Crippen molar-refractivity contribution in [1.82, 2.24) is 9.55 Å². The van der Waals surface area contributed by atoms with Gasteiger partial charge in [-0.05, 0) is 50.1 Å². The van der Waals surface area contributed by atoms with Crippen LogP contribution >= 0.6 is 22.9 Å². The molecule has 2 aromatic heterocycles. The summed E-state index contributed by atoms with van der Waals surface area (Å²) in [5.41, 5.74) is 3.19. The number of benzene rings is 2. The number of hydrogen-bond acceptors (Lipinski definition) is 4. The van der Waals surface area contributed by atoms with Crippen molar-refractivity contribution in [2.24, 2.45) is 0 Å². The third-order valence-electron chi connectivity index (χ3n) is 5.14. The van der Waals surface area contributed by atoms with Gasteiger partial charge in [0.2, 0.25) is 0 Å². The molecule has 0 atom stereocenters. The third-order valence-corrected chi connectivity index (χ3v) is 6.70. The van der Waals surface area contributed by atoms with E-state index < -0.39 is 5.82 Å². The number of nitrogens with one attached hydrogen (secondary N) is 1. The average Bonchev–Trinajstić information content (AvgIpc) is 3.06. The molecule has 2 aromatic carbocycles. The Morgan fingerprint density at radius 2 is 2.00 bits per heavy atom. The molecule has 1 amide bonds. The molecular formula is C23H19ClFN3O2S. The summed E-state index contributed by atoms with van der Waals surface area (Å²) in [5.74, 6) is -0.786. The van der Waals surface area contributed by atoms with Crippen molar-refractivity contribution in [3.8, 4) is 0 Å². The lowest BCUT2D eigenvalue weighted by molar-refractivity contribution is 0.103. The highest BCUT2D eigenvalue weighted by Crippen LogP contribution is 2.28. The van der Waals surface area contributed by atoms with Crippen LogP contribution in [0.5, 0.6) is 0 Å². The van der Waals surface area contributed by atoms with Gasteiger partial charge < -0.3 is 5.32 Å². The van der Waals surface area contributed by atoms with E-state index >= 15 is 0 Å². The van der Waals surface area contributed by atoms with Gasteiger partial charge in [0.25, 0.3) is 11.5 Å². The van der Waals surface area contributed by atoms with E-state index in [-0.39, 0.29) is 28.6 Å². The molecule has 0 aliphatic heterocycles. The lowest BCUT2D eigenvalue weighted by atomic mass is 10.1. The number of aryl methyl sites for hydroxylation is 3. The van der Waals surface area contributed by atoms with Crippen LogP contribution in [-0.2, 0) is 6.54 Å². The fraction of sp³-hybridized carbons (Fsp3) is 0.174. The first-order valence-electron chi connectivity index (χ1n) is 9.56. The van der Waals surface area contributed by atoms with Gasteiger partial charge in [0.05, 0.1) is 23.1 Å². The van der Waals surface area contributed by atoms with Gasteiger partial charge in [0, 0.05) is 16.3 Å². The molecule has 2 heterocycles. The monoisotopic (exact) mass is 455 g/mol. The summed E-state index contributed by atoms with van der Waals surface area (Å²) in [4.78, 5) is 31.2. The second-order valence-electron chi connectivity index (χ2n) is 7.39. The number of hydrogen-bond donors (Lipinski definition) is 1. The summed E-state index contributed by atoms with van der Waals surface area (Å²) < 4.78 is 15.5. The number of carbonyl (C=O) groups excluding carboxylic acids is 1. The zero-order valence-corrected chi connectivity index (χ0v) is 18.7. The van der Waals surface area contributed by atoms with E-state index in [1.165, 1.54) is 23.0 Å². The number of anilines is 1. The van der Waals surface area contributed by atoms with E-state index in [4.69, 9.17) is 11.6 Å². The van der Waals surface area contributed by atoms with Crippen molar-refractivity contribution < 1.29 is 9.18 Å². The quantitative estimate of drug-likeness (QED) is 0.443. The molecule has 8 heteroatoms. The van der Waals surface area contributed by atoms with Gasteiger partial charge >= 0.3 is 0 Å². The molecule has 0 saturated heterocycles. The second-order valence-corrected chi connectivity index (χ2v) is 8.79. The molecule has 0 aliphatic rings. The minimum absolute atomic E-state index is 0.0490. The summed E-state index contributed by atoms with van der Waals surface area (Å²) in [6.07, 6.45) is 1.36. The van der Waals surface area contributed by atoms with Crippen molar-refractivity contribution in [3.05, 3.63) is 91.1 Å². The van der Waals surface area contributed by atoms with Gasteiger partial charge in [-0.1, -0.05) is 35.4 Å². The van der Waals surface area contributed by atoms with Crippen LogP contribution in [0.2, 0.25) is 5.02 Å². The highest BCUT2D eigenvalue weighted by Gasteiger charge is 2.20. The molecule has 0 spiro atoms. The van der Waals surface area contributed by atoms with Crippen LogP contribution in [-0.4, -0.2) is 15.5 Å². The number of halogens is 2. The largest absolute Gasteiger partial charge is 0.321 e. The summed E-state index contributed by atoms with van der Waals surface area (Å²) in [6.45, 7) is 5.58. The SMILES string of the molecule is Cc1ccc(NC(=O)c2sc3ncn(Cc4c(F)cccc4Cl)c(=O)c3c2C)c(C)c1. The van der Waals surface area contributed by atoms with Crippen molar-refractivity contribution in [2.45, 2.75) is 27.3 Å². The Labute approximate surface area is 187 Å². The van der Waals surface area contributed by atoms with Crippen molar-refractivity contribution in [2.75, 3.05) is 5.32 Å². The smallest absolute Gasteiger partial charge is 0.266 e. The molecule has 4 aromatic rings. The lowest BCUT2D eigenvalue weighted by Crippen LogP contribution is -2.22. The number of fused-ring (bicyclic) bond motifs is 1. The number of amides is 1. The molecule has 0 radical (unpaired) electrons. The molecule has 0 unspecified atom stereocenters. The van der Waals surface area contributed by atoms with E-state index in [9.17, 15) is 14.0 Å². The maximum Gasteiger partial charge on any atom is 0.266 e. The zero-order valence-electron chi connectivity index (χ0n) is 17.1. The van der Waals surface area contributed by atoms with Crippen LogP contribution in [0.4, 0.5) is 10.1 Å². The predicted molar refractivity (Wildman–Crippen MR) is 123 cm³/mol. The second kappa shape index (κ2) is 8.24. The Morgan fingerprint density at radius 3 is 2.71 bits per heavy atom. The Morgan fingerprint density at radius 1 is 1.23 bits per heavy atom. The minimum Gasteiger partial charge on any atom is -0.321 e. The summed E-state index contributed by atoms with van der Waals surface area (Å²) >= 11 is 7.26. The predicted octanol–water partition coefficient (Wildman–Crippen LogP) is 5.48. The third kappa shape index (κ3) is 3.98. The average molecular weight is 456 g/mol. The van der Waals surface area contributed by atoms with E-state index in [0.29, 0.717) is 26.3 Å². The molecule has 0 saturated carbocycles. The van der Waals surface area contributed by atoms with E-state index in [0.717, 1.165) is 22.5 Å². The van der Waals surface area contributed by atoms with Crippen LogP contribution in [0.1, 0.15) is 31.9 Å². The topological polar surface area (TPSA) is 64.0 Å². The lowest BCUT2D eigenvalue weighted by Gasteiger charge is -2.09. The molecule has 0 bridgehead atoms. The van der Waals surface area contributed by atoms with E-state index in [1.807, 2.05) is 32.0 Å². The Hall–Kier alpha value is -3.03. The minimum atomic E-state index is -0.491. The van der Waals surface area contributed by atoms with Crippen LogP contribution in [0, 0.1) is 26.6 Å². The summed E-state index contributed by atoms with van der Waals surface area (Å²) in [5, 5.41) is 3.50. The van der Waals surface area contributed by atoms with Gasteiger partial charge in [-0.25, -0.2) is 9.37 Å². The van der Waals surface area contributed by atoms with E-state index in [1.54, 1.807) is 13.0 Å². The molecule has 0 aliphatic carbocycles. The van der Waals surface area contributed by atoms with Gasteiger partial charge in [-0.3, -0.25) is 14.2 Å². The molecule has 31 heavy (non-hydrogen) atoms. The molecule has 1 N–H and O–H groups in total. The number of carbonyl (C=O) groups is 1. The van der Waals surface area contributed by atoms with Crippen LogP contribution in [0.15, 0.2) is 47.5 Å². The van der Waals surface area contributed by atoms with Crippen LogP contribution in [0.3, 0.4) is 0 Å². The first-order valence-corrected chi connectivity index (χ1v) is 10.8. The number of aromatic nitrogens is 2. The first-order chi connectivity index (χ1) is 14.8. The molecule has 4 rings (SSSR count). The molecule has 158 valence electrons. The highest BCUT2D eigenvalue weighted by molar-refractivity contribution is 7.20. The molecular weight excluding hydrogens is 437 g/mol. The van der Waals surface area contributed by atoms with Crippen molar-refractivity contribution in [3.63, 3.8) is 0 Å². The van der Waals surface area contributed by atoms with Gasteiger partial charge in [-0.15, -0.1) is 11.3 Å². The normalized spacial score (nSPS) is 11.1. The number of rotatable bonds is 4. The van der Waals surface area contributed by atoms with Crippen molar-refractivity contribution >= 4 is 44.7 Å². The maximum atomic E-state index is 14.2. The number of nitrogens with zero attached hydrogens (tertiary/aromatic N) is 2. The maximum absolute atomic E-state index is 14.2. The molecule has 0 fully saturated rings. The first kappa shape index (κ1) is 21.2. The summed E-state index contributed by atoms with van der Waals surface area (Å²) in [7, 11) is 0. The van der Waals surface area contributed by atoms with Crippen LogP contribution in [0.25, 0.3) is 10.2 Å². The van der Waals surface area contributed by atoms with Crippen molar-refractivity contribution in [1.29, 1.82) is 0 Å².